The number of ether oxygens (including phenoxy) is 1. The Balaban J connectivity index is 1.46. The molecule has 4 aliphatic rings. The highest BCUT2D eigenvalue weighted by atomic mass is 32.2. The van der Waals surface area contributed by atoms with Crippen LogP contribution in [0.15, 0.2) is 28.0 Å². The van der Waals surface area contributed by atoms with E-state index in [1.54, 1.807) is 23.9 Å². The molecule has 2 aliphatic heterocycles. The number of rotatable bonds is 4. The van der Waals surface area contributed by atoms with Gasteiger partial charge in [-0.1, -0.05) is 17.4 Å². The molecule has 3 fully saturated rings. The van der Waals surface area contributed by atoms with Crippen LogP contribution in [0.5, 0.6) is 11.5 Å². The third-order valence-electron chi connectivity index (χ3n) is 7.67. The van der Waals surface area contributed by atoms with E-state index in [1.807, 2.05) is 6.07 Å². The minimum absolute atomic E-state index is 0.00372. The van der Waals surface area contributed by atoms with Crippen LogP contribution in [0.4, 0.5) is 0 Å². The molecule has 6 rings (SSSR count). The molecule has 2 saturated carbocycles. The number of thiazole rings is 1. The maximum absolute atomic E-state index is 13.2. The number of H-pyrrole nitrogens is 1. The third kappa shape index (κ3) is 2.78. The van der Waals surface area contributed by atoms with Crippen molar-refractivity contribution in [3.05, 3.63) is 38.3 Å². The molecule has 1 saturated heterocycles. The summed E-state index contributed by atoms with van der Waals surface area (Å²) >= 11 is 2.71. The van der Waals surface area contributed by atoms with Crippen LogP contribution in [0.1, 0.15) is 22.8 Å². The summed E-state index contributed by atoms with van der Waals surface area (Å²) in [5.74, 6) is -3.03. The second kappa shape index (κ2) is 7.10. The zero-order chi connectivity index (χ0) is 23.2. The van der Waals surface area contributed by atoms with Crippen LogP contribution in [-0.4, -0.2) is 56.8 Å². The fraction of sp³-hybridized carbons (Fsp3) is 0.455. The third-order valence-corrected chi connectivity index (χ3v) is 10.3. The summed E-state index contributed by atoms with van der Waals surface area (Å²) in [5, 5.41) is 20.1. The summed E-state index contributed by atoms with van der Waals surface area (Å²) in [6, 6.07) is 5.14. The number of thioether (sulfide) groups is 1. The van der Waals surface area contributed by atoms with Crippen molar-refractivity contribution in [2.45, 2.75) is 22.6 Å². The van der Waals surface area contributed by atoms with Crippen molar-refractivity contribution in [2.24, 2.45) is 29.6 Å². The molecule has 0 radical (unpaired) electrons. The number of aromatic amines is 1. The fourth-order valence-corrected chi connectivity index (χ4v) is 9.52. The SMILES string of the molecule is COc1cc([C@@H]2c3sc(=O)[nH]c3S[C@@H]3[C@H]4C[C@@H]([C@@H]5C(=O)N(CC(=O)O)C(=O)[C@@H]45)[C@@H]23)ccc1O. The van der Waals surface area contributed by atoms with E-state index >= 15 is 0 Å². The van der Waals surface area contributed by atoms with E-state index in [-0.39, 0.29) is 45.5 Å². The molecule has 1 aromatic heterocycles. The van der Waals surface area contributed by atoms with E-state index in [4.69, 9.17) is 4.74 Å². The number of methoxy groups -OCH3 is 1. The quantitative estimate of drug-likeness (QED) is 0.553. The number of carbonyl (C=O) groups is 3. The van der Waals surface area contributed by atoms with E-state index in [2.05, 4.69) is 4.98 Å². The number of nitrogens with zero attached hydrogens (tertiary/aromatic N) is 1. The summed E-state index contributed by atoms with van der Waals surface area (Å²) in [6.45, 7) is -0.605. The van der Waals surface area contributed by atoms with E-state index < -0.39 is 30.3 Å². The van der Waals surface area contributed by atoms with Gasteiger partial charge in [-0.25, -0.2) is 0 Å². The van der Waals surface area contributed by atoms with Gasteiger partial charge in [0.1, 0.15) is 6.54 Å². The zero-order valence-corrected chi connectivity index (χ0v) is 19.0. The van der Waals surface area contributed by atoms with Crippen molar-refractivity contribution in [1.82, 2.24) is 9.88 Å². The summed E-state index contributed by atoms with van der Waals surface area (Å²) in [5.41, 5.74) is 0.875. The molecule has 2 amide bonds. The van der Waals surface area contributed by atoms with Crippen LogP contribution in [0.25, 0.3) is 0 Å². The first-order chi connectivity index (χ1) is 15.8. The fourth-order valence-electron chi connectivity index (χ4n) is 6.63. The predicted molar refractivity (Wildman–Crippen MR) is 118 cm³/mol. The maximum atomic E-state index is 13.2. The van der Waals surface area contributed by atoms with E-state index in [0.717, 1.165) is 38.1 Å². The van der Waals surface area contributed by atoms with E-state index in [9.17, 15) is 29.4 Å². The first-order valence-electron chi connectivity index (χ1n) is 10.6. The van der Waals surface area contributed by atoms with Crippen LogP contribution in [0.2, 0.25) is 0 Å². The molecule has 0 spiro atoms. The highest BCUT2D eigenvalue weighted by Crippen LogP contribution is 2.68. The summed E-state index contributed by atoms with van der Waals surface area (Å²) < 4.78 is 5.31. The minimum Gasteiger partial charge on any atom is -0.504 e. The van der Waals surface area contributed by atoms with Crippen molar-refractivity contribution < 1.29 is 29.3 Å². The van der Waals surface area contributed by atoms with Gasteiger partial charge in [0, 0.05) is 16.0 Å². The molecule has 2 bridgehead atoms. The number of aromatic hydroxyl groups is 1. The summed E-state index contributed by atoms with van der Waals surface area (Å²) in [7, 11) is 1.47. The number of benzene rings is 1. The van der Waals surface area contributed by atoms with E-state index in [0.29, 0.717) is 5.75 Å². The summed E-state index contributed by atoms with van der Waals surface area (Å²) in [4.78, 5) is 54.3. The number of hydrogen-bond acceptors (Lipinski definition) is 8. The van der Waals surface area contributed by atoms with Crippen molar-refractivity contribution in [1.29, 1.82) is 0 Å². The number of carbonyl (C=O) groups excluding carboxylic acids is 2. The number of amides is 2. The number of fused-ring (bicyclic) bond motifs is 9. The Labute approximate surface area is 195 Å². The standard InChI is InChI=1S/C22H20N2O7S2/c1-31-11-4-7(2-3-10(11)25)13-14-8-5-9(17(14)32-19-18(13)33-22(30)23-19)16-15(8)20(28)24(21(16)29)6-12(26)27/h2-4,8-9,13-17,25H,5-6H2,1H3,(H,23,30)(H,26,27)/t8-,9+,13+,14+,15+,16+,17-/m1/s1. The number of imide groups is 1. The Morgan fingerprint density at radius 3 is 2.64 bits per heavy atom. The number of carboxylic acids is 1. The maximum Gasteiger partial charge on any atom is 0.323 e. The highest BCUT2D eigenvalue weighted by molar-refractivity contribution is 8.00. The number of aromatic nitrogens is 1. The van der Waals surface area contributed by atoms with Gasteiger partial charge in [-0.3, -0.25) is 24.1 Å². The Bertz CT molecular complexity index is 1270. The number of hydrogen-bond donors (Lipinski definition) is 3. The lowest BCUT2D eigenvalue weighted by molar-refractivity contribution is -0.149. The topological polar surface area (TPSA) is 137 Å². The number of phenols is 1. The molecule has 11 heteroatoms. The van der Waals surface area contributed by atoms with Crippen molar-refractivity contribution in [3.63, 3.8) is 0 Å². The summed E-state index contributed by atoms with van der Waals surface area (Å²) in [6.07, 6.45) is 0.723. The van der Waals surface area contributed by atoms with Gasteiger partial charge in [0.05, 0.1) is 24.0 Å². The number of likely N-dealkylation sites (tertiary alicyclic amines) is 1. The first kappa shape index (κ1) is 20.8. The molecule has 3 N–H and O–H groups in total. The Morgan fingerprint density at radius 2 is 1.94 bits per heavy atom. The molecular formula is C22H20N2O7S2. The van der Waals surface area contributed by atoms with Crippen LogP contribution in [-0.2, 0) is 14.4 Å². The lowest BCUT2D eigenvalue weighted by Gasteiger charge is -2.43. The number of aliphatic carboxylic acids is 1. The van der Waals surface area contributed by atoms with Gasteiger partial charge < -0.3 is 19.9 Å². The van der Waals surface area contributed by atoms with Crippen LogP contribution < -0.4 is 9.61 Å². The molecule has 2 aliphatic carbocycles. The average molecular weight is 489 g/mol. The number of nitrogens with one attached hydrogen (secondary N) is 1. The van der Waals surface area contributed by atoms with Gasteiger partial charge in [-0.2, -0.15) is 0 Å². The lowest BCUT2D eigenvalue weighted by Crippen LogP contribution is -2.42. The zero-order valence-electron chi connectivity index (χ0n) is 17.4. The Morgan fingerprint density at radius 1 is 1.21 bits per heavy atom. The molecule has 1 aromatic carbocycles. The van der Waals surface area contributed by atoms with Crippen molar-refractivity contribution in [2.75, 3.05) is 13.7 Å². The van der Waals surface area contributed by atoms with Crippen LogP contribution in [0.3, 0.4) is 0 Å². The molecule has 2 aromatic rings. The lowest BCUT2D eigenvalue weighted by atomic mass is 9.68. The minimum atomic E-state index is -1.20. The average Bonchev–Trinajstić information content (AvgIpc) is 3.49. The molecule has 0 unspecified atom stereocenters. The smallest absolute Gasteiger partial charge is 0.323 e. The largest absolute Gasteiger partial charge is 0.504 e. The number of carboxylic acid groups (broad SMARTS) is 1. The molecular weight excluding hydrogens is 468 g/mol. The van der Waals surface area contributed by atoms with E-state index in [1.165, 1.54) is 7.11 Å². The molecule has 7 atom stereocenters. The van der Waals surface area contributed by atoms with Gasteiger partial charge >= 0.3 is 10.8 Å². The molecule has 172 valence electrons. The normalized spacial score (nSPS) is 33.7. The highest BCUT2D eigenvalue weighted by Gasteiger charge is 2.69. The van der Waals surface area contributed by atoms with Gasteiger partial charge in [0.2, 0.25) is 11.8 Å². The van der Waals surface area contributed by atoms with Crippen LogP contribution >= 0.6 is 23.1 Å². The number of phenolic OH excluding ortho intramolecular Hbond substituents is 1. The van der Waals surface area contributed by atoms with Crippen LogP contribution in [0, 0.1) is 29.6 Å². The second-order valence-electron chi connectivity index (χ2n) is 9.05. The van der Waals surface area contributed by atoms with Crippen molar-refractivity contribution >= 4 is 40.9 Å². The van der Waals surface area contributed by atoms with Gasteiger partial charge in [-0.05, 0) is 41.9 Å². The first-order valence-corrected chi connectivity index (χ1v) is 12.3. The van der Waals surface area contributed by atoms with Gasteiger partial charge in [0.25, 0.3) is 0 Å². The Kier molecular flexibility index (Phi) is 4.47. The second-order valence-corrected chi connectivity index (χ2v) is 11.3. The molecule has 33 heavy (non-hydrogen) atoms. The predicted octanol–water partition coefficient (Wildman–Crippen LogP) is 1.71. The Hall–Kier alpha value is -2.79. The monoisotopic (exact) mass is 488 g/mol. The molecule has 9 nitrogen and oxygen atoms in total. The molecule has 3 heterocycles. The van der Waals surface area contributed by atoms with Gasteiger partial charge in [-0.15, -0.1) is 11.8 Å². The van der Waals surface area contributed by atoms with Gasteiger partial charge in [0.15, 0.2) is 11.5 Å². The van der Waals surface area contributed by atoms with Crippen molar-refractivity contribution in [3.8, 4) is 11.5 Å².